The summed E-state index contributed by atoms with van der Waals surface area (Å²) in [5.41, 5.74) is 7.26. The number of rotatable bonds is 19. The van der Waals surface area contributed by atoms with E-state index in [2.05, 4.69) is 59.6 Å². The summed E-state index contributed by atoms with van der Waals surface area (Å²) in [6, 6.07) is 15.4. The lowest BCUT2D eigenvalue weighted by Gasteiger charge is -2.35. The normalized spacial score (nSPS) is 20.3. The predicted molar refractivity (Wildman–Crippen MR) is 340 cm³/mol. The number of amides is 6. The number of hydrazine groups is 2. The topological polar surface area (TPSA) is 359 Å². The Bertz CT molecular complexity index is 3240. The van der Waals surface area contributed by atoms with Gasteiger partial charge in [0.25, 0.3) is 11.8 Å². The van der Waals surface area contributed by atoms with Gasteiger partial charge in [-0.05, 0) is 101 Å². The molecule has 2 aromatic carbocycles. The molecule has 4 aromatic rings. The zero-order valence-corrected chi connectivity index (χ0v) is 54.3. The number of aliphatic hydroxyl groups is 2. The SMILES string of the molecule is C=CC1(C(=O)O)COCCOC1.CC(C)[C@H](O)C(=O)N[C@@H](C)C(=O)N1CCC[C@@H](C(=O)N[C@H](C)c2ccc3ccc(/C=C/C4(C(=O)O)COCCOC4)cc3n2)N1.CC(C)[C@H](O)C(=O)N[C@@H](C)C(=O)N1CCC[C@@H](C(=O)N[C@H](C)c2ccc3ccc(Br)cc3n2)N1. The number of benzene rings is 2. The monoisotopic (exact) mass is 1330 g/mol. The first-order chi connectivity index (χ1) is 43.2. The molecule has 6 heterocycles. The van der Waals surface area contributed by atoms with Crippen LogP contribution in [0.4, 0.5) is 0 Å². The molecule has 26 nitrogen and oxygen atoms in total. The van der Waals surface area contributed by atoms with E-state index in [-0.39, 0.29) is 62.0 Å². The van der Waals surface area contributed by atoms with E-state index < -0.39 is 82.9 Å². The number of carbonyl (C=O) groups is 8. The van der Waals surface area contributed by atoms with Crippen molar-refractivity contribution in [3.63, 3.8) is 0 Å². The molecule has 10 N–H and O–H groups in total. The molecule has 4 aliphatic rings. The fourth-order valence-corrected chi connectivity index (χ4v) is 10.2. The standard InChI is InChI=1S/C32H43N5O8.C24H32BrN5O4.C8H12O4/c1-19(2)27(38)29(40)34-21(4)30(41)37-13-5-6-25(36-37)28(39)33-20(3)24-10-9-23-8-7-22(16-26(23)35-24)11-12-32(31(42)43)17-44-14-15-45-18-32;1-13(2)21(31)23(33)27-15(4)24(34)30-11-5-6-19(29-30)22(32)26-14(3)18-10-8-16-7-9-17(25)12-20(16)28-18;1-2-8(7(9)10)5-11-3-4-12-6-8/h7-12,16,19-21,25,27,36,38H,5-6,13-15,17-18H2,1-4H3,(H,33,39)(H,34,40)(H,42,43);7-10,12-15,19,21,29,31H,5-6,11H2,1-4H3,(H,26,32)(H,27,33);2H,1,3-6H2,(H,9,10)/b12-11+;;/t20-,21+,25+,27+;14-,15+,19+,21+;/m11./s1. The third-order valence-corrected chi connectivity index (χ3v) is 16.3. The van der Waals surface area contributed by atoms with Crippen LogP contribution in [0.3, 0.4) is 0 Å². The average Bonchev–Trinajstić information content (AvgIpc) is 1.56. The number of carbonyl (C=O) groups excluding carboxylic acids is 6. The summed E-state index contributed by atoms with van der Waals surface area (Å²) in [5.74, 6) is -5.02. The molecular formula is C64H87BrN10O16. The molecule has 4 aliphatic heterocycles. The number of nitrogens with one attached hydrogen (secondary N) is 6. The number of pyridine rings is 2. The molecule has 6 amide bonds. The van der Waals surface area contributed by atoms with E-state index in [1.54, 1.807) is 46.8 Å². The highest BCUT2D eigenvalue weighted by Crippen LogP contribution is 2.28. The van der Waals surface area contributed by atoms with Crippen LogP contribution < -0.4 is 32.1 Å². The molecule has 496 valence electrons. The highest BCUT2D eigenvalue weighted by molar-refractivity contribution is 9.10. The number of nitrogens with zero attached hydrogens (tertiary/aromatic N) is 4. The Morgan fingerprint density at radius 3 is 1.40 bits per heavy atom. The minimum Gasteiger partial charge on any atom is -0.480 e. The van der Waals surface area contributed by atoms with Gasteiger partial charge in [0.15, 0.2) is 0 Å². The molecule has 0 unspecified atom stereocenters. The number of aliphatic carboxylic acids is 2. The van der Waals surface area contributed by atoms with Gasteiger partial charge in [0.05, 0.1) is 87.4 Å². The Labute approximate surface area is 537 Å². The van der Waals surface area contributed by atoms with Crippen LogP contribution in [-0.2, 0) is 57.3 Å². The van der Waals surface area contributed by atoms with Crippen LogP contribution in [0.15, 0.2) is 83.9 Å². The van der Waals surface area contributed by atoms with Gasteiger partial charge < -0.3 is 60.6 Å². The molecule has 8 rings (SSSR count). The van der Waals surface area contributed by atoms with Crippen LogP contribution in [0, 0.1) is 22.7 Å². The van der Waals surface area contributed by atoms with Crippen LogP contribution >= 0.6 is 15.9 Å². The molecule has 0 saturated carbocycles. The van der Waals surface area contributed by atoms with Crippen molar-refractivity contribution in [1.82, 2.24) is 52.1 Å². The Morgan fingerprint density at radius 2 is 0.989 bits per heavy atom. The largest absolute Gasteiger partial charge is 0.480 e. The predicted octanol–water partition coefficient (Wildman–Crippen LogP) is 4.04. The number of fused-ring (bicyclic) bond motifs is 2. The molecule has 27 heteroatoms. The van der Waals surface area contributed by atoms with Gasteiger partial charge in [-0.1, -0.05) is 92.2 Å². The molecular weight excluding hydrogens is 1240 g/mol. The van der Waals surface area contributed by atoms with Gasteiger partial charge in [-0.15, -0.1) is 6.58 Å². The summed E-state index contributed by atoms with van der Waals surface area (Å²) in [5, 5.41) is 54.2. The summed E-state index contributed by atoms with van der Waals surface area (Å²) < 4.78 is 22.0. The van der Waals surface area contributed by atoms with E-state index >= 15 is 0 Å². The summed E-state index contributed by atoms with van der Waals surface area (Å²) in [6.45, 7) is 19.8. The van der Waals surface area contributed by atoms with Crippen LogP contribution in [0.5, 0.6) is 0 Å². The second-order valence-electron chi connectivity index (χ2n) is 23.9. The van der Waals surface area contributed by atoms with Crippen molar-refractivity contribution < 1.29 is 77.7 Å². The lowest BCUT2D eigenvalue weighted by atomic mass is 9.89. The lowest BCUT2D eigenvalue weighted by molar-refractivity contribution is -0.151. The van der Waals surface area contributed by atoms with E-state index in [0.29, 0.717) is 76.4 Å². The highest BCUT2D eigenvalue weighted by Gasteiger charge is 2.40. The first-order valence-electron chi connectivity index (χ1n) is 30.5. The fourth-order valence-electron chi connectivity index (χ4n) is 9.89. The van der Waals surface area contributed by atoms with Gasteiger partial charge in [-0.2, -0.15) is 0 Å². The zero-order valence-electron chi connectivity index (χ0n) is 52.7. The Balaban J connectivity index is 0.000000251. The molecule has 8 atom stereocenters. The van der Waals surface area contributed by atoms with E-state index in [4.69, 9.17) is 29.0 Å². The maximum Gasteiger partial charge on any atom is 0.318 e. The second-order valence-corrected chi connectivity index (χ2v) is 24.8. The third-order valence-electron chi connectivity index (χ3n) is 15.8. The Hall–Kier alpha value is -7.34. The molecule has 0 spiro atoms. The maximum atomic E-state index is 13.2. The fraction of sp³-hybridized carbons (Fsp3) is 0.531. The van der Waals surface area contributed by atoms with Crippen molar-refractivity contribution >= 4 is 91.2 Å². The van der Waals surface area contributed by atoms with Gasteiger partial charge in [0, 0.05) is 28.3 Å². The first kappa shape index (κ1) is 72.7. The molecule has 0 radical (unpaired) electrons. The minimum atomic E-state index is -1.28. The number of carboxylic acid groups (broad SMARTS) is 2. The van der Waals surface area contributed by atoms with Gasteiger partial charge in [-0.25, -0.2) is 10.9 Å². The van der Waals surface area contributed by atoms with Crippen LogP contribution in [-0.4, -0.2) is 190 Å². The summed E-state index contributed by atoms with van der Waals surface area (Å²) >= 11 is 3.45. The number of aromatic nitrogens is 2. The van der Waals surface area contributed by atoms with E-state index in [0.717, 1.165) is 32.0 Å². The summed E-state index contributed by atoms with van der Waals surface area (Å²) in [7, 11) is 0. The third kappa shape index (κ3) is 20.1. The van der Waals surface area contributed by atoms with Gasteiger partial charge in [0.2, 0.25) is 23.6 Å². The molecule has 2 aromatic heterocycles. The Kier molecular flexibility index (Phi) is 27.0. The second kappa shape index (κ2) is 33.8. The van der Waals surface area contributed by atoms with Crippen molar-refractivity contribution in [2.45, 2.75) is 130 Å². The van der Waals surface area contributed by atoms with Gasteiger partial charge >= 0.3 is 11.9 Å². The average molecular weight is 1330 g/mol. The van der Waals surface area contributed by atoms with Crippen LogP contribution in [0.25, 0.3) is 27.9 Å². The van der Waals surface area contributed by atoms with Crippen LogP contribution in [0.1, 0.15) is 110 Å². The summed E-state index contributed by atoms with van der Waals surface area (Å²) in [6.07, 6.45) is 4.62. The minimum absolute atomic E-state index is 0.0197. The van der Waals surface area contributed by atoms with Crippen molar-refractivity contribution in [3.05, 3.63) is 101 Å². The van der Waals surface area contributed by atoms with E-state index in [1.807, 2.05) is 74.5 Å². The maximum absolute atomic E-state index is 13.2. The van der Waals surface area contributed by atoms with Crippen molar-refractivity contribution in [2.75, 3.05) is 65.9 Å². The smallest absolute Gasteiger partial charge is 0.318 e. The number of hydrogen-bond donors (Lipinski definition) is 10. The number of halogens is 1. The Morgan fingerprint density at radius 1 is 0.593 bits per heavy atom. The molecule has 0 aliphatic carbocycles. The van der Waals surface area contributed by atoms with Crippen molar-refractivity contribution in [2.24, 2.45) is 22.7 Å². The number of hydrogen-bond acceptors (Lipinski definition) is 18. The molecule has 0 bridgehead atoms. The molecule has 91 heavy (non-hydrogen) atoms. The quantitative estimate of drug-likeness (QED) is 0.0592. The number of aliphatic hydroxyl groups excluding tert-OH is 2. The van der Waals surface area contributed by atoms with Gasteiger partial charge in [-0.3, -0.25) is 58.3 Å². The summed E-state index contributed by atoms with van der Waals surface area (Å²) in [4.78, 5) is 108. The number of carboxylic acids is 2. The van der Waals surface area contributed by atoms with Gasteiger partial charge in [0.1, 0.15) is 47.2 Å². The highest BCUT2D eigenvalue weighted by atomic mass is 79.9. The van der Waals surface area contributed by atoms with Crippen molar-refractivity contribution in [1.29, 1.82) is 0 Å². The lowest BCUT2D eigenvalue weighted by Crippen LogP contribution is -2.61. The van der Waals surface area contributed by atoms with Crippen molar-refractivity contribution in [3.8, 4) is 0 Å². The zero-order chi connectivity index (χ0) is 66.7. The van der Waals surface area contributed by atoms with Crippen LogP contribution in [0.2, 0.25) is 0 Å². The molecule has 4 fully saturated rings. The first-order valence-corrected chi connectivity index (χ1v) is 31.3. The van der Waals surface area contributed by atoms with E-state index in [1.165, 1.54) is 23.0 Å². The van der Waals surface area contributed by atoms with E-state index in [9.17, 15) is 53.7 Å². The molecule has 4 saturated heterocycles. The number of ether oxygens (including phenoxy) is 4.